The zero-order valence-corrected chi connectivity index (χ0v) is 10.7. The maximum absolute atomic E-state index is 10.2. The van der Waals surface area contributed by atoms with E-state index < -0.39 is 5.60 Å². The average Bonchev–Trinajstić information content (AvgIpc) is 2.02. The molecule has 0 aliphatic heterocycles. The molecule has 1 aromatic carbocycles. The van der Waals surface area contributed by atoms with Crippen LogP contribution in [0.15, 0.2) is 22.7 Å². The molecule has 0 amide bonds. The molecule has 1 aromatic rings. The van der Waals surface area contributed by atoms with Crippen molar-refractivity contribution in [3.8, 4) is 0 Å². The van der Waals surface area contributed by atoms with Gasteiger partial charge in [0.1, 0.15) is 0 Å². The van der Waals surface area contributed by atoms with E-state index in [1.165, 1.54) is 0 Å². The van der Waals surface area contributed by atoms with Gasteiger partial charge in [-0.1, -0.05) is 46.9 Å². The maximum atomic E-state index is 10.2. The Morgan fingerprint density at radius 2 is 2.14 bits per heavy atom. The summed E-state index contributed by atoms with van der Waals surface area (Å²) in [4.78, 5) is 0. The van der Waals surface area contributed by atoms with Crippen molar-refractivity contribution in [2.75, 3.05) is 0 Å². The van der Waals surface area contributed by atoms with Gasteiger partial charge in [0.2, 0.25) is 0 Å². The lowest BCUT2D eigenvalue weighted by Gasteiger charge is -2.24. The van der Waals surface area contributed by atoms with Gasteiger partial charge < -0.3 is 5.11 Å². The van der Waals surface area contributed by atoms with Crippen molar-refractivity contribution in [1.82, 2.24) is 0 Å². The second kappa shape index (κ2) is 4.65. The van der Waals surface area contributed by atoms with Crippen LogP contribution in [0.25, 0.3) is 0 Å². The molecule has 0 radical (unpaired) electrons. The van der Waals surface area contributed by atoms with Crippen LogP contribution in [-0.2, 0) is 5.60 Å². The highest BCUT2D eigenvalue weighted by Gasteiger charge is 2.24. The molecule has 14 heavy (non-hydrogen) atoms. The molecule has 0 aliphatic rings. The minimum absolute atomic E-state index is 0.609. The summed E-state index contributed by atoms with van der Waals surface area (Å²) in [5.74, 6) is 0. The van der Waals surface area contributed by atoms with Crippen LogP contribution in [0.2, 0.25) is 5.02 Å². The first-order valence-corrected chi connectivity index (χ1v) is 5.82. The Morgan fingerprint density at radius 1 is 1.50 bits per heavy atom. The first kappa shape index (κ1) is 12.0. The van der Waals surface area contributed by atoms with Gasteiger partial charge in [0, 0.05) is 15.1 Å². The van der Waals surface area contributed by atoms with E-state index >= 15 is 0 Å². The third-order valence-corrected chi connectivity index (χ3v) is 3.05. The van der Waals surface area contributed by atoms with Gasteiger partial charge in [-0.15, -0.1) is 0 Å². The van der Waals surface area contributed by atoms with Gasteiger partial charge in [-0.2, -0.15) is 0 Å². The Morgan fingerprint density at radius 3 is 2.64 bits per heavy atom. The van der Waals surface area contributed by atoms with Crippen molar-refractivity contribution in [3.05, 3.63) is 33.3 Å². The van der Waals surface area contributed by atoms with Crippen LogP contribution in [0.4, 0.5) is 0 Å². The van der Waals surface area contributed by atoms with Crippen molar-refractivity contribution < 1.29 is 5.11 Å². The summed E-state index contributed by atoms with van der Waals surface area (Å²) in [5, 5.41) is 10.8. The molecular weight excluding hydrogens is 263 g/mol. The standard InChI is InChI=1S/C11H14BrClO/c1-3-6-11(2,14)9-5-4-8(12)7-10(9)13/h4-5,7,14H,3,6H2,1-2H3. The van der Waals surface area contributed by atoms with E-state index in [1.54, 1.807) is 13.0 Å². The largest absolute Gasteiger partial charge is 0.385 e. The number of hydrogen-bond donors (Lipinski definition) is 1. The van der Waals surface area contributed by atoms with Crippen molar-refractivity contribution in [3.63, 3.8) is 0 Å². The molecule has 0 bridgehead atoms. The van der Waals surface area contributed by atoms with Crippen molar-refractivity contribution in [2.24, 2.45) is 0 Å². The van der Waals surface area contributed by atoms with E-state index in [9.17, 15) is 5.11 Å². The number of hydrogen-bond acceptors (Lipinski definition) is 1. The SMILES string of the molecule is CCCC(C)(O)c1ccc(Br)cc1Cl. The van der Waals surface area contributed by atoms with Crippen LogP contribution in [0, 0.1) is 0 Å². The normalized spacial score (nSPS) is 15.2. The number of aliphatic hydroxyl groups is 1. The van der Waals surface area contributed by atoms with Crippen molar-refractivity contribution in [2.45, 2.75) is 32.3 Å². The zero-order valence-electron chi connectivity index (χ0n) is 8.35. The third kappa shape index (κ3) is 2.72. The molecule has 3 heteroatoms. The Kier molecular flexibility index (Phi) is 3.99. The highest BCUT2D eigenvalue weighted by Crippen LogP contribution is 2.33. The summed E-state index contributed by atoms with van der Waals surface area (Å²) in [5.41, 5.74) is -0.0313. The van der Waals surface area contributed by atoms with E-state index in [0.717, 1.165) is 16.5 Å². The summed E-state index contributed by atoms with van der Waals surface area (Å²) in [7, 11) is 0. The molecular formula is C11H14BrClO. The lowest BCUT2D eigenvalue weighted by Crippen LogP contribution is -2.21. The number of rotatable bonds is 3. The number of benzene rings is 1. The molecule has 0 aromatic heterocycles. The van der Waals surface area contributed by atoms with Gasteiger partial charge in [0.05, 0.1) is 5.60 Å². The monoisotopic (exact) mass is 276 g/mol. The molecule has 1 N–H and O–H groups in total. The van der Waals surface area contributed by atoms with Gasteiger partial charge in [-0.3, -0.25) is 0 Å². The van der Waals surface area contributed by atoms with Crippen LogP contribution in [0.1, 0.15) is 32.3 Å². The molecule has 78 valence electrons. The molecule has 1 atom stereocenters. The van der Waals surface area contributed by atoms with Crippen molar-refractivity contribution >= 4 is 27.5 Å². The highest BCUT2D eigenvalue weighted by atomic mass is 79.9. The predicted octanol–water partition coefficient (Wildman–Crippen LogP) is 4.11. The quantitative estimate of drug-likeness (QED) is 0.881. The second-order valence-electron chi connectivity index (χ2n) is 3.65. The van der Waals surface area contributed by atoms with Crippen LogP contribution < -0.4 is 0 Å². The van der Waals surface area contributed by atoms with Gasteiger partial charge in [-0.05, 0) is 25.5 Å². The fourth-order valence-electron chi connectivity index (χ4n) is 1.55. The van der Waals surface area contributed by atoms with Gasteiger partial charge >= 0.3 is 0 Å². The van der Waals surface area contributed by atoms with E-state index in [4.69, 9.17) is 11.6 Å². The Balaban J connectivity index is 3.06. The molecule has 0 fully saturated rings. The molecule has 0 heterocycles. The van der Waals surface area contributed by atoms with Gasteiger partial charge in [-0.25, -0.2) is 0 Å². The minimum Gasteiger partial charge on any atom is -0.385 e. The summed E-state index contributed by atoms with van der Waals surface area (Å²) in [6, 6.07) is 5.56. The fourth-order valence-corrected chi connectivity index (χ4v) is 2.42. The molecule has 0 saturated carbocycles. The first-order chi connectivity index (χ1) is 6.47. The van der Waals surface area contributed by atoms with Crippen LogP contribution in [-0.4, -0.2) is 5.11 Å². The molecule has 0 saturated heterocycles. The molecule has 1 rings (SSSR count). The Labute approximate surface area is 98.2 Å². The third-order valence-electron chi connectivity index (χ3n) is 2.25. The van der Waals surface area contributed by atoms with Gasteiger partial charge in [0.25, 0.3) is 0 Å². The van der Waals surface area contributed by atoms with Crippen LogP contribution in [0.3, 0.4) is 0 Å². The van der Waals surface area contributed by atoms with Gasteiger partial charge in [0.15, 0.2) is 0 Å². The highest BCUT2D eigenvalue weighted by molar-refractivity contribution is 9.10. The fraction of sp³-hybridized carbons (Fsp3) is 0.455. The topological polar surface area (TPSA) is 20.2 Å². The summed E-state index contributed by atoms with van der Waals surface area (Å²) in [6.45, 7) is 3.84. The molecule has 0 aliphatic carbocycles. The van der Waals surface area contributed by atoms with E-state index in [1.807, 2.05) is 19.1 Å². The Bertz CT molecular complexity index is 323. The molecule has 1 unspecified atom stereocenters. The van der Waals surface area contributed by atoms with E-state index in [0.29, 0.717) is 11.4 Å². The summed E-state index contributed by atoms with van der Waals surface area (Å²) < 4.78 is 0.929. The average molecular weight is 278 g/mol. The lowest BCUT2D eigenvalue weighted by atomic mass is 9.91. The number of halogens is 2. The van der Waals surface area contributed by atoms with E-state index in [-0.39, 0.29) is 0 Å². The Hall–Kier alpha value is -0.0500. The lowest BCUT2D eigenvalue weighted by molar-refractivity contribution is 0.0471. The summed E-state index contributed by atoms with van der Waals surface area (Å²) >= 11 is 9.40. The van der Waals surface area contributed by atoms with Crippen LogP contribution in [0.5, 0.6) is 0 Å². The predicted molar refractivity (Wildman–Crippen MR) is 63.6 cm³/mol. The molecule has 1 nitrogen and oxygen atoms in total. The summed E-state index contributed by atoms with van der Waals surface area (Å²) in [6.07, 6.45) is 1.65. The first-order valence-electron chi connectivity index (χ1n) is 4.65. The zero-order chi connectivity index (χ0) is 10.8. The maximum Gasteiger partial charge on any atom is 0.0882 e. The second-order valence-corrected chi connectivity index (χ2v) is 4.97. The molecule has 0 spiro atoms. The van der Waals surface area contributed by atoms with E-state index in [2.05, 4.69) is 15.9 Å². The smallest absolute Gasteiger partial charge is 0.0882 e. The van der Waals surface area contributed by atoms with Crippen molar-refractivity contribution in [1.29, 1.82) is 0 Å². The van der Waals surface area contributed by atoms with Crippen LogP contribution >= 0.6 is 27.5 Å². The minimum atomic E-state index is -0.827.